The van der Waals surface area contributed by atoms with E-state index in [2.05, 4.69) is 28.4 Å². The lowest BCUT2D eigenvalue weighted by Crippen LogP contribution is -2.38. The number of carbonyl (C=O) groups is 2. The van der Waals surface area contributed by atoms with Crippen molar-refractivity contribution in [3.63, 3.8) is 0 Å². The summed E-state index contributed by atoms with van der Waals surface area (Å²) in [6.07, 6.45) is 2.07. The Morgan fingerprint density at radius 3 is 2.68 bits per heavy atom. The number of hydrogen-bond donors (Lipinski definition) is 2. The van der Waals surface area contributed by atoms with E-state index in [9.17, 15) is 9.59 Å². The molecular formula is C13H26N3O2P. The molecule has 0 radical (unpaired) electrons. The van der Waals surface area contributed by atoms with Gasteiger partial charge >= 0.3 is 0 Å². The Morgan fingerprint density at radius 2 is 2.11 bits per heavy atom. The van der Waals surface area contributed by atoms with E-state index in [1.165, 1.54) is 4.90 Å². The van der Waals surface area contributed by atoms with Crippen LogP contribution in [0.25, 0.3) is 0 Å². The van der Waals surface area contributed by atoms with E-state index < -0.39 is 0 Å². The summed E-state index contributed by atoms with van der Waals surface area (Å²) in [4.78, 5) is 25.5. The van der Waals surface area contributed by atoms with Gasteiger partial charge in [-0.3, -0.25) is 14.5 Å². The molecule has 2 amide bonds. The third kappa shape index (κ3) is 4.83. The molecule has 0 bridgehead atoms. The number of imide groups is 1. The van der Waals surface area contributed by atoms with Crippen LogP contribution in [-0.2, 0) is 9.59 Å². The van der Waals surface area contributed by atoms with E-state index >= 15 is 0 Å². The summed E-state index contributed by atoms with van der Waals surface area (Å²) in [6, 6.07) is 0. The SMILES string of the molecule is CC(C)(CP)CC1CC(=O)N(CCNCCN)C1=O. The fourth-order valence-electron chi connectivity index (χ4n) is 2.31. The van der Waals surface area contributed by atoms with Gasteiger partial charge in [0.25, 0.3) is 0 Å². The Morgan fingerprint density at radius 1 is 1.42 bits per heavy atom. The van der Waals surface area contributed by atoms with Gasteiger partial charge in [0.15, 0.2) is 0 Å². The largest absolute Gasteiger partial charge is 0.329 e. The number of nitrogens with zero attached hydrogens (tertiary/aromatic N) is 1. The van der Waals surface area contributed by atoms with Crippen molar-refractivity contribution >= 4 is 21.1 Å². The number of nitrogens with one attached hydrogen (secondary N) is 1. The summed E-state index contributed by atoms with van der Waals surface area (Å²) in [7, 11) is 2.71. The minimum atomic E-state index is -0.141. The molecule has 6 heteroatoms. The summed E-state index contributed by atoms with van der Waals surface area (Å²) < 4.78 is 0. The molecule has 19 heavy (non-hydrogen) atoms. The van der Waals surface area contributed by atoms with Gasteiger partial charge in [-0.1, -0.05) is 13.8 Å². The Hall–Kier alpha value is -0.510. The van der Waals surface area contributed by atoms with Crippen molar-refractivity contribution in [3.8, 4) is 0 Å². The van der Waals surface area contributed by atoms with Gasteiger partial charge in [-0.25, -0.2) is 0 Å². The zero-order valence-corrected chi connectivity index (χ0v) is 13.1. The van der Waals surface area contributed by atoms with Crippen molar-refractivity contribution in [2.24, 2.45) is 17.1 Å². The van der Waals surface area contributed by atoms with Crippen molar-refractivity contribution in [3.05, 3.63) is 0 Å². The highest BCUT2D eigenvalue weighted by atomic mass is 31.0. The molecule has 5 nitrogen and oxygen atoms in total. The second-order valence-electron chi connectivity index (χ2n) is 5.90. The van der Waals surface area contributed by atoms with Gasteiger partial charge in [0.2, 0.25) is 11.8 Å². The number of hydrogen-bond acceptors (Lipinski definition) is 4. The number of nitrogens with two attached hydrogens (primary N) is 1. The van der Waals surface area contributed by atoms with Gasteiger partial charge in [0, 0.05) is 38.5 Å². The average molecular weight is 287 g/mol. The highest BCUT2D eigenvalue weighted by Crippen LogP contribution is 2.33. The lowest BCUT2D eigenvalue weighted by Gasteiger charge is -2.25. The van der Waals surface area contributed by atoms with E-state index in [1.807, 2.05) is 0 Å². The number of carbonyl (C=O) groups excluding carboxylic acids is 2. The predicted molar refractivity (Wildman–Crippen MR) is 79.7 cm³/mol. The molecule has 0 spiro atoms. The van der Waals surface area contributed by atoms with Gasteiger partial charge in [0.05, 0.1) is 0 Å². The maximum Gasteiger partial charge on any atom is 0.232 e. The monoisotopic (exact) mass is 287 g/mol. The fraction of sp³-hybridized carbons (Fsp3) is 0.846. The van der Waals surface area contributed by atoms with Crippen LogP contribution in [-0.4, -0.2) is 49.1 Å². The first-order valence-corrected chi connectivity index (χ1v) is 7.68. The van der Waals surface area contributed by atoms with E-state index in [0.717, 1.165) is 12.6 Å². The molecule has 1 aliphatic rings. The van der Waals surface area contributed by atoms with Crippen LogP contribution in [0.2, 0.25) is 0 Å². The first-order valence-electron chi connectivity index (χ1n) is 6.86. The predicted octanol–water partition coefficient (Wildman–Crippen LogP) is 0.201. The highest BCUT2D eigenvalue weighted by molar-refractivity contribution is 7.16. The molecule has 0 saturated carbocycles. The van der Waals surface area contributed by atoms with Gasteiger partial charge in [-0.15, -0.1) is 9.24 Å². The second kappa shape index (κ2) is 7.32. The van der Waals surface area contributed by atoms with Crippen molar-refractivity contribution in [1.82, 2.24) is 10.2 Å². The summed E-state index contributed by atoms with van der Waals surface area (Å²) >= 11 is 0. The van der Waals surface area contributed by atoms with Crippen LogP contribution in [0.4, 0.5) is 0 Å². The quantitative estimate of drug-likeness (QED) is 0.380. The smallest absolute Gasteiger partial charge is 0.232 e. The topological polar surface area (TPSA) is 75.4 Å². The molecule has 3 N–H and O–H groups in total. The summed E-state index contributed by atoms with van der Waals surface area (Å²) in [6.45, 7) is 6.60. The molecule has 1 rings (SSSR count). The van der Waals surface area contributed by atoms with Crippen molar-refractivity contribution in [2.75, 3.05) is 32.3 Å². The summed E-state index contributed by atoms with van der Waals surface area (Å²) in [5.41, 5.74) is 5.45. The highest BCUT2D eigenvalue weighted by Gasteiger charge is 2.40. The van der Waals surface area contributed by atoms with Crippen molar-refractivity contribution < 1.29 is 9.59 Å². The Balaban J connectivity index is 2.49. The van der Waals surface area contributed by atoms with E-state index in [4.69, 9.17) is 5.73 Å². The average Bonchev–Trinajstić information content (AvgIpc) is 2.61. The molecule has 1 heterocycles. The molecule has 2 unspecified atom stereocenters. The van der Waals surface area contributed by atoms with Crippen LogP contribution in [0.3, 0.4) is 0 Å². The molecule has 0 aliphatic carbocycles. The lowest BCUT2D eigenvalue weighted by atomic mass is 9.83. The molecule has 1 saturated heterocycles. The van der Waals surface area contributed by atoms with Crippen LogP contribution in [0.15, 0.2) is 0 Å². The number of likely N-dealkylation sites (tertiary alicyclic amines) is 1. The van der Waals surface area contributed by atoms with E-state index in [1.54, 1.807) is 0 Å². The Labute approximate surface area is 117 Å². The third-order valence-electron chi connectivity index (χ3n) is 3.52. The molecule has 1 fully saturated rings. The first-order chi connectivity index (χ1) is 8.91. The van der Waals surface area contributed by atoms with Crippen LogP contribution in [0, 0.1) is 11.3 Å². The summed E-state index contributed by atoms with van der Waals surface area (Å²) in [5.74, 6) is -0.187. The van der Waals surface area contributed by atoms with Crippen LogP contribution < -0.4 is 11.1 Å². The number of rotatable bonds is 8. The first kappa shape index (κ1) is 16.5. The van der Waals surface area contributed by atoms with Gasteiger partial charge in [-0.05, 0) is 18.0 Å². The van der Waals surface area contributed by atoms with Crippen LogP contribution in [0.1, 0.15) is 26.7 Å². The maximum atomic E-state index is 12.2. The second-order valence-corrected chi connectivity index (χ2v) is 6.30. The van der Waals surface area contributed by atoms with Gasteiger partial charge < -0.3 is 11.1 Å². The Bertz CT molecular complexity index is 334. The molecule has 2 atom stereocenters. The molecular weight excluding hydrogens is 261 g/mol. The lowest BCUT2D eigenvalue weighted by molar-refractivity contribution is -0.139. The Kier molecular flexibility index (Phi) is 6.37. The zero-order chi connectivity index (χ0) is 14.5. The number of amides is 2. The van der Waals surface area contributed by atoms with Crippen molar-refractivity contribution in [1.29, 1.82) is 0 Å². The minimum Gasteiger partial charge on any atom is -0.329 e. The normalized spacial score (nSPS) is 20.4. The third-order valence-corrected chi connectivity index (χ3v) is 4.63. The van der Waals surface area contributed by atoms with Crippen molar-refractivity contribution in [2.45, 2.75) is 26.7 Å². The molecule has 0 aromatic heterocycles. The maximum absolute atomic E-state index is 12.2. The zero-order valence-electron chi connectivity index (χ0n) is 11.9. The van der Waals surface area contributed by atoms with E-state index in [0.29, 0.717) is 32.6 Å². The minimum absolute atomic E-state index is 0.00827. The van der Waals surface area contributed by atoms with Gasteiger partial charge in [0.1, 0.15) is 0 Å². The summed E-state index contributed by atoms with van der Waals surface area (Å²) in [5, 5.41) is 3.10. The van der Waals surface area contributed by atoms with Crippen LogP contribution >= 0.6 is 9.24 Å². The standard InChI is InChI=1S/C13H26N3O2P/c1-13(2,9-19)8-10-7-11(17)16(12(10)18)6-5-15-4-3-14/h10,15H,3-9,14,19H2,1-2H3. The molecule has 110 valence electrons. The van der Waals surface area contributed by atoms with E-state index in [-0.39, 0.29) is 23.1 Å². The fourth-order valence-corrected chi connectivity index (χ4v) is 2.48. The van der Waals surface area contributed by atoms with Gasteiger partial charge in [-0.2, -0.15) is 0 Å². The molecule has 1 aliphatic heterocycles. The molecule has 0 aromatic carbocycles. The molecule has 0 aromatic rings. The van der Waals surface area contributed by atoms with Crippen LogP contribution in [0.5, 0.6) is 0 Å².